The van der Waals surface area contributed by atoms with Crippen molar-refractivity contribution >= 4 is 39.2 Å². The van der Waals surface area contributed by atoms with Crippen LogP contribution in [0.4, 0.5) is 19.0 Å². The van der Waals surface area contributed by atoms with Crippen LogP contribution in [0.2, 0.25) is 5.15 Å². The normalized spacial score (nSPS) is 12.0. The fraction of sp³-hybridized carbons (Fsp3) is 0.111. The van der Waals surface area contributed by atoms with E-state index in [2.05, 4.69) is 14.7 Å². The van der Waals surface area contributed by atoms with Crippen LogP contribution in [0, 0.1) is 0 Å². The number of benzene rings is 2. The van der Waals surface area contributed by atoms with E-state index in [0.717, 1.165) is 23.4 Å². The summed E-state index contributed by atoms with van der Waals surface area (Å²) < 4.78 is 65.7. The molecular weight excluding hydrogens is 447 g/mol. The highest BCUT2D eigenvalue weighted by molar-refractivity contribution is 7.98. The van der Waals surface area contributed by atoms with Crippen molar-refractivity contribution in [3.05, 3.63) is 65.6 Å². The van der Waals surface area contributed by atoms with Gasteiger partial charge in [-0.05, 0) is 48.2 Å². The van der Waals surface area contributed by atoms with Crippen molar-refractivity contribution in [1.29, 1.82) is 0 Å². The van der Waals surface area contributed by atoms with E-state index in [1.54, 1.807) is 12.1 Å². The van der Waals surface area contributed by atoms with E-state index in [4.69, 9.17) is 11.6 Å². The van der Waals surface area contributed by atoms with E-state index >= 15 is 0 Å². The molecule has 0 aliphatic rings. The van der Waals surface area contributed by atoms with Crippen molar-refractivity contribution in [3.8, 4) is 11.1 Å². The lowest BCUT2D eigenvalue weighted by Gasteiger charge is -2.13. The molecule has 0 aliphatic heterocycles. The lowest BCUT2D eigenvalue weighted by Crippen LogP contribution is -2.15. The molecule has 0 bridgehead atoms. The topological polar surface area (TPSA) is 72.0 Å². The Morgan fingerprint density at radius 2 is 1.62 bits per heavy atom. The molecule has 1 heterocycles. The van der Waals surface area contributed by atoms with Gasteiger partial charge in [-0.1, -0.05) is 23.7 Å². The zero-order valence-corrected chi connectivity index (χ0v) is 17.1. The second-order valence-corrected chi connectivity index (χ2v) is 8.66. The Morgan fingerprint density at radius 1 is 1.00 bits per heavy atom. The quantitative estimate of drug-likeness (QED) is 0.412. The lowest BCUT2D eigenvalue weighted by molar-refractivity contribution is -0.137. The number of thioether (sulfide) groups is 1. The average molecular weight is 460 g/mol. The molecule has 0 saturated carbocycles. The molecule has 152 valence electrons. The molecule has 29 heavy (non-hydrogen) atoms. The Bertz CT molecular complexity index is 1120. The first-order valence-electron chi connectivity index (χ1n) is 7.97. The van der Waals surface area contributed by atoms with Crippen molar-refractivity contribution in [2.45, 2.75) is 16.0 Å². The predicted molar refractivity (Wildman–Crippen MR) is 107 cm³/mol. The molecule has 11 heteroatoms. The van der Waals surface area contributed by atoms with E-state index in [0.29, 0.717) is 17.7 Å². The number of aromatic nitrogens is 2. The monoisotopic (exact) mass is 459 g/mol. The number of anilines is 1. The van der Waals surface area contributed by atoms with Gasteiger partial charge in [0.25, 0.3) is 10.0 Å². The predicted octanol–water partition coefficient (Wildman–Crippen LogP) is 5.34. The minimum atomic E-state index is -4.56. The molecule has 0 atom stereocenters. The highest BCUT2D eigenvalue weighted by Gasteiger charge is 2.31. The van der Waals surface area contributed by atoms with E-state index in [1.807, 2.05) is 18.4 Å². The Balaban J connectivity index is 1.98. The van der Waals surface area contributed by atoms with Crippen LogP contribution in [0.5, 0.6) is 0 Å². The third-order valence-electron chi connectivity index (χ3n) is 3.90. The maximum Gasteiger partial charge on any atom is 0.416 e. The highest BCUT2D eigenvalue weighted by atomic mass is 35.5. The van der Waals surface area contributed by atoms with Gasteiger partial charge in [0.1, 0.15) is 11.5 Å². The van der Waals surface area contributed by atoms with Gasteiger partial charge in [-0.2, -0.15) is 13.2 Å². The molecular formula is C18H13ClF3N3O2S2. The summed E-state index contributed by atoms with van der Waals surface area (Å²) in [6, 6.07) is 10.3. The Kier molecular flexibility index (Phi) is 6.06. The third kappa shape index (κ3) is 4.82. The number of alkyl halides is 3. The number of halogens is 4. The van der Waals surface area contributed by atoms with Gasteiger partial charge in [0.2, 0.25) is 0 Å². The summed E-state index contributed by atoms with van der Waals surface area (Å²) in [6.45, 7) is 0. The number of hydrogen-bond donors (Lipinski definition) is 1. The summed E-state index contributed by atoms with van der Waals surface area (Å²) in [7, 11) is -4.21. The molecule has 0 saturated heterocycles. The van der Waals surface area contributed by atoms with Crippen molar-refractivity contribution in [2.75, 3.05) is 11.0 Å². The molecule has 2 aromatic carbocycles. The largest absolute Gasteiger partial charge is 0.416 e. The van der Waals surface area contributed by atoms with Crippen molar-refractivity contribution < 1.29 is 21.6 Å². The van der Waals surface area contributed by atoms with Crippen LogP contribution in [-0.4, -0.2) is 24.6 Å². The van der Waals surface area contributed by atoms with Crippen molar-refractivity contribution in [3.63, 3.8) is 0 Å². The zero-order valence-electron chi connectivity index (χ0n) is 14.7. The number of hydrogen-bond acceptors (Lipinski definition) is 5. The molecule has 0 radical (unpaired) electrons. The number of sulfonamides is 1. The van der Waals surface area contributed by atoms with Crippen LogP contribution < -0.4 is 4.72 Å². The summed E-state index contributed by atoms with van der Waals surface area (Å²) in [4.78, 5) is 8.49. The van der Waals surface area contributed by atoms with Gasteiger partial charge in [0, 0.05) is 4.90 Å². The van der Waals surface area contributed by atoms with E-state index in [9.17, 15) is 21.6 Å². The van der Waals surface area contributed by atoms with Gasteiger partial charge in [-0.25, -0.2) is 18.4 Å². The van der Waals surface area contributed by atoms with Gasteiger partial charge in [-0.3, -0.25) is 4.72 Å². The standard InChI is InChI=1S/C18H13ClF3N3O2S2/c1-28-13-6-2-11(3-7-13)15-16(19)23-10-24-17(15)25-29(26,27)14-8-4-12(5-9-14)18(20,21)22/h2-10H,1H3,(H,23,24,25). The first-order chi connectivity index (χ1) is 13.6. The SMILES string of the molecule is CSc1ccc(-c2c(Cl)ncnc2NS(=O)(=O)c2ccc(C(F)(F)F)cc2)cc1. The van der Waals surface area contributed by atoms with Crippen LogP contribution >= 0.6 is 23.4 Å². The molecule has 0 unspecified atom stereocenters. The van der Waals surface area contributed by atoms with Crippen molar-refractivity contribution in [2.24, 2.45) is 0 Å². The maximum absolute atomic E-state index is 12.7. The van der Waals surface area contributed by atoms with Gasteiger partial charge in [0.15, 0.2) is 5.82 Å². The summed E-state index contributed by atoms with van der Waals surface area (Å²) in [5.74, 6) is -0.0817. The molecule has 3 rings (SSSR count). The Morgan fingerprint density at radius 3 is 2.17 bits per heavy atom. The average Bonchev–Trinajstić information content (AvgIpc) is 2.67. The molecule has 0 amide bonds. The van der Waals surface area contributed by atoms with E-state index in [1.165, 1.54) is 11.8 Å². The van der Waals surface area contributed by atoms with Gasteiger partial charge in [0.05, 0.1) is 16.0 Å². The summed E-state index contributed by atoms with van der Waals surface area (Å²) >= 11 is 7.70. The molecule has 0 fully saturated rings. The second kappa shape index (κ2) is 8.21. The Labute approximate surface area is 174 Å². The maximum atomic E-state index is 12.7. The molecule has 5 nitrogen and oxygen atoms in total. The number of nitrogens with zero attached hydrogens (tertiary/aromatic N) is 2. The van der Waals surface area contributed by atoms with E-state index < -0.39 is 21.8 Å². The first kappa shape index (κ1) is 21.4. The molecule has 0 aliphatic carbocycles. The summed E-state index contributed by atoms with van der Waals surface area (Å²) in [5, 5.41) is 0.0296. The van der Waals surface area contributed by atoms with Crippen LogP contribution in [0.3, 0.4) is 0 Å². The number of nitrogens with one attached hydrogen (secondary N) is 1. The van der Waals surface area contributed by atoms with Crippen molar-refractivity contribution in [1.82, 2.24) is 9.97 Å². The van der Waals surface area contributed by atoms with Crippen LogP contribution in [0.15, 0.2) is 64.6 Å². The van der Waals surface area contributed by atoms with Gasteiger partial charge in [-0.15, -0.1) is 11.8 Å². The van der Waals surface area contributed by atoms with Crippen LogP contribution in [0.1, 0.15) is 5.56 Å². The minimum absolute atomic E-state index is 0.0296. The highest BCUT2D eigenvalue weighted by Crippen LogP contribution is 2.34. The molecule has 1 aromatic heterocycles. The minimum Gasteiger partial charge on any atom is -0.263 e. The Hall–Kier alpha value is -2.30. The van der Waals surface area contributed by atoms with Crippen LogP contribution in [-0.2, 0) is 16.2 Å². The molecule has 3 aromatic rings. The lowest BCUT2D eigenvalue weighted by atomic mass is 10.1. The number of rotatable bonds is 5. The van der Waals surface area contributed by atoms with Gasteiger partial charge < -0.3 is 0 Å². The summed E-state index contributed by atoms with van der Waals surface area (Å²) in [6.07, 6.45) is -1.56. The fourth-order valence-corrected chi connectivity index (χ4v) is 4.14. The smallest absolute Gasteiger partial charge is 0.263 e. The molecule has 0 spiro atoms. The third-order valence-corrected chi connectivity index (χ3v) is 6.29. The van der Waals surface area contributed by atoms with E-state index in [-0.39, 0.29) is 21.4 Å². The van der Waals surface area contributed by atoms with Gasteiger partial charge >= 0.3 is 6.18 Å². The summed E-state index contributed by atoms with van der Waals surface area (Å²) in [5.41, 5.74) is -0.105. The molecule has 1 N–H and O–H groups in total. The second-order valence-electron chi connectivity index (χ2n) is 5.74. The first-order valence-corrected chi connectivity index (χ1v) is 11.1. The fourth-order valence-electron chi connectivity index (χ4n) is 2.46. The zero-order chi connectivity index (χ0) is 21.2. The van der Waals surface area contributed by atoms with Crippen LogP contribution in [0.25, 0.3) is 11.1 Å².